The highest BCUT2D eigenvalue weighted by molar-refractivity contribution is 5.96. The SMILES string of the molecule is Cc1ccc2[nH]c(C)c(CC(=O)Nc3ccc(C(C)C)cc3)c2c1. The molecule has 124 valence electrons. The van der Waals surface area contributed by atoms with Crippen molar-refractivity contribution < 1.29 is 4.79 Å². The molecule has 0 aliphatic carbocycles. The molecule has 0 spiro atoms. The Morgan fingerprint density at radius 3 is 2.46 bits per heavy atom. The molecule has 0 atom stereocenters. The Kier molecular flexibility index (Phi) is 4.43. The van der Waals surface area contributed by atoms with E-state index in [1.165, 1.54) is 11.1 Å². The number of aromatic nitrogens is 1. The van der Waals surface area contributed by atoms with Crippen molar-refractivity contribution in [2.75, 3.05) is 5.32 Å². The molecule has 2 aromatic carbocycles. The van der Waals surface area contributed by atoms with Gasteiger partial charge in [-0.15, -0.1) is 0 Å². The van der Waals surface area contributed by atoms with Crippen molar-refractivity contribution in [3.63, 3.8) is 0 Å². The lowest BCUT2D eigenvalue weighted by molar-refractivity contribution is -0.115. The average Bonchev–Trinajstić information content (AvgIpc) is 2.83. The number of carbonyl (C=O) groups is 1. The van der Waals surface area contributed by atoms with E-state index in [2.05, 4.69) is 61.4 Å². The first-order chi connectivity index (χ1) is 11.4. The number of fused-ring (bicyclic) bond motifs is 1. The summed E-state index contributed by atoms with van der Waals surface area (Å²) in [5.41, 5.74) is 6.54. The van der Waals surface area contributed by atoms with Crippen molar-refractivity contribution in [3.05, 3.63) is 64.8 Å². The van der Waals surface area contributed by atoms with Crippen LogP contribution in [0, 0.1) is 13.8 Å². The minimum Gasteiger partial charge on any atom is -0.358 e. The van der Waals surface area contributed by atoms with Crippen LogP contribution in [0.4, 0.5) is 5.69 Å². The van der Waals surface area contributed by atoms with Crippen LogP contribution in [-0.4, -0.2) is 10.9 Å². The topological polar surface area (TPSA) is 44.9 Å². The van der Waals surface area contributed by atoms with E-state index in [0.717, 1.165) is 27.8 Å². The standard InChI is InChI=1S/C21H24N2O/c1-13(2)16-6-8-17(9-7-16)23-21(24)12-18-15(4)22-20-10-5-14(3)11-19(18)20/h5-11,13,22H,12H2,1-4H3,(H,23,24). The third-order valence-corrected chi connectivity index (χ3v) is 4.47. The van der Waals surface area contributed by atoms with Gasteiger partial charge in [0.05, 0.1) is 6.42 Å². The zero-order valence-electron chi connectivity index (χ0n) is 14.7. The average molecular weight is 320 g/mol. The third kappa shape index (κ3) is 3.35. The van der Waals surface area contributed by atoms with Crippen LogP contribution in [0.3, 0.4) is 0 Å². The van der Waals surface area contributed by atoms with Gasteiger partial charge in [-0.1, -0.05) is 37.6 Å². The predicted molar refractivity (Wildman–Crippen MR) is 101 cm³/mol. The van der Waals surface area contributed by atoms with Crippen LogP contribution < -0.4 is 5.32 Å². The summed E-state index contributed by atoms with van der Waals surface area (Å²) in [5.74, 6) is 0.504. The molecule has 1 amide bonds. The Hall–Kier alpha value is -2.55. The van der Waals surface area contributed by atoms with Crippen LogP contribution in [0.2, 0.25) is 0 Å². The Morgan fingerprint density at radius 1 is 1.08 bits per heavy atom. The Labute approximate surface area is 143 Å². The predicted octanol–water partition coefficient (Wildman–Crippen LogP) is 5.09. The summed E-state index contributed by atoms with van der Waals surface area (Å²) in [5, 5.41) is 4.14. The maximum Gasteiger partial charge on any atom is 0.228 e. The number of H-pyrrole nitrogens is 1. The number of rotatable bonds is 4. The molecule has 0 radical (unpaired) electrons. The van der Waals surface area contributed by atoms with Gasteiger partial charge in [-0.25, -0.2) is 0 Å². The van der Waals surface area contributed by atoms with E-state index in [9.17, 15) is 4.79 Å². The number of hydrogen-bond donors (Lipinski definition) is 2. The van der Waals surface area contributed by atoms with E-state index < -0.39 is 0 Å². The van der Waals surface area contributed by atoms with E-state index in [-0.39, 0.29) is 5.91 Å². The van der Waals surface area contributed by atoms with Gasteiger partial charge in [0.2, 0.25) is 5.91 Å². The molecule has 3 rings (SSSR count). The molecule has 2 N–H and O–H groups in total. The summed E-state index contributed by atoms with van der Waals surface area (Å²) in [6.45, 7) is 8.42. The molecular weight excluding hydrogens is 296 g/mol. The van der Waals surface area contributed by atoms with Gasteiger partial charge in [0, 0.05) is 22.3 Å². The highest BCUT2D eigenvalue weighted by Gasteiger charge is 2.13. The van der Waals surface area contributed by atoms with Crippen molar-refractivity contribution in [3.8, 4) is 0 Å². The summed E-state index contributed by atoms with van der Waals surface area (Å²) in [4.78, 5) is 15.8. The molecule has 1 aromatic heterocycles. The zero-order valence-corrected chi connectivity index (χ0v) is 14.7. The summed E-state index contributed by atoms with van der Waals surface area (Å²) in [6, 6.07) is 14.4. The fraction of sp³-hybridized carbons (Fsp3) is 0.286. The van der Waals surface area contributed by atoms with E-state index in [0.29, 0.717) is 12.3 Å². The Balaban J connectivity index is 1.77. The van der Waals surface area contributed by atoms with E-state index in [1.807, 2.05) is 19.1 Å². The smallest absolute Gasteiger partial charge is 0.228 e. The highest BCUT2D eigenvalue weighted by Crippen LogP contribution is 2.24. The Morgan fingerprint density at radius 2 is 1.79 bits per heavy atom. The van der Waals surface area contributed by atoms with Crippen LogP contribution in [0.15, 0.2) is 42.5 Å². The molecule has 3 heteroatoms. The van der Waals surface area contributed by atoms with Gasteiger partial charge in [-0.2, -0.15) is 0 Å². The van der Waals surface area contributed by atoms with E-state index >= 15 is 0 Å². The molecule has 3 nitrogen and oxygen atoms in total. The molecule has 0 saturated carbocycles. The number of amides is 1. The van der Waals surface area contributed by atoms with Crippen LogP contribution in [0.25, 0.3) is 10.9 Å². The molecule has 0 fully saturated rings. The molecule has 0 aliphatic rings. The van der Waals surface area contributed by atoms with Crippen molar-refractivity contribution in [1.82, 2.24) is 4.98 Å². The number of anilines is 1. The fourth-order valence-electron chi connectivity index (χ4n) is 3.04. The molecule has 0 bridgehead atoms. The molecule has 1 heterocycles. The highest BCUT2D eigenvalue weighted by atomic mass is 16.1. The molecule has 0 saturated heterocycles. The lowest BCUT2D eigenvalue weighted by Gasteiger charge is -2.09. The van der Waals surface area contributed by atoms with Gasteiger partial charge < -0.3 is 10.3 Å². The van der Waals surface area contributed by atoms with Crippen LogP contribution in [-0.2, 0) is 11.2 Å². The van der Waals surface area contributed by atoms with Gasteiger partial charge in [0.1, 0.15) is 0 Å². The number of carbonyl (C=O) groups excluding carboxylic acids is 1. The third-order valence-electron chi connectivity index (χ3n) is 4.47. The summed E-state index contributed by atoms with van der Waals surface area (Å²) in [6.07, 6.45) is 0.376. The van der Waals surface area contributed by atoms with Crippen molar-refractivity contribution in [2.24, 2.45) is 0 Å². The number of aryl methyl sites for hydroxylation is 2. The molecule has 0 aliphatic heterocycles. The first-order valence-corrected chi connectivity index (χ1v) is 8.41. The maximum absolute atomic E-state index is 12.5. The van der Waals surface area contributed by atoms with Crippen LogP contribution >= 0.6 is 0 Å². The fourth-order valence-corrected chi connectivity index (χ4v) is 3.04. The zero-order chi connectivity index (χ0) is 17.3. The molecule has 24 heavy (non-hydrogen) atoms. The van der Waals surface area contributed by atoms with Crippen molar-refractivity contribution in [2.45, 2.75) is 40.0 Å². The minimum absolute atomic E-state index is 0.0119. The number of nitrogens with one attached hydrogen (secondary N) is 2. The number of benzene rings is 2. The molecular formula is C21H24N2O. The van der Waals surface area contributed by atoms with Gasteiger partial charge in [-0.05, 0) is 55.2 Å². The quantitative estimate of drug-likeness (QED) is 0.691. The normalized spacial score (nSPS) is 11.2. The lowest BCUT2D eigenvalue weighted by Crippen LogP contribution is -2.14. The van der Waals surface area contributed by atoms with Gasteiger partial charge >= 0.3 is 0 Å². The van der Waals surface area contributed by atoms with E-state index in [4.69, 9.17) is 0 Å². The molecule has 3 aromatic rings. The lowest BCUT2D eigenvalue weighted by atomic mass is 10.0. The van der Waals surface area contributed by atoms with Gasteiger partial charge in [0.15, 0.2) is 0 Å². The second-order valence-corrected chi connectivity index (χ2v) is 6.78. The second kappa shape index (κ2) is 6.52. The van der Waals surface area contributed by atoms with Crippen molar-refractivity contribution >= 4 is 22.5 Å². The monoisotopic (exact) mass is 320 g/mol. The van der Waals surface area contributed by atoms with Crippen molar-refractivity contribution in [1.29, 1.82) is 0 Å². The Bertz CT molecular complexity index is 873. The van der Waals surface area contributed by atoms with Crippen LogP contribution in [0.5, 0.6) is 0 Å². The first kappa shape index (κ1) is 16.3. The summed E-state index contributed by atoms with van der Waals surface area (Å²) in [7, 11) is 0. The summed E-state index contributed by atoms with van der Waals surface area (Å²) < 4.78 is 0. The molecule has 0 unspecified atom stereocenters. The first-order valence-electron chi connectivity index (χ1n) is 8.41. The number of aromatic amines is 1. The summed E-state index contributed by atoms with van der Waals surface area (Å²) >= 11 is 0. The van der Waals surface area contributed by atoms with Gasteiger partial charge in [0.25, 0.3) is 0 Å². The largest absolute Gasteiger partial charge is 0.358 e. The van der Waals surface area contributed by atoms with Gasteiger partial charge in [-0.3, -0.25) is 4.79 Å². The van der Waals surface area contributed by atoms with E-state index in [1.54, 1.807) is 0 Å². The maximum atomic E-state index is 12.5. The van der Waals surface area contributed by atoms with Crippen LogP contribution in [0.1, 0.15) is 42.1 Å². The number of hydrogen-bond acceptors (Lipinski definition) is 1. The minimum atomic E-state index is 0.0119. The second-order valence-electron chi connectivity index (χ2n) is 6.78.